The van der Waals surface area contributed by atoms with Gasteiger partial charge in [0.2, 0.25) is 0 Å². The van der Waals surface area contributed by atoms with Crippen molar-refractivity contribution >= 4 is 5.69 Å². The van der Waals surface area contributed by atoms with Gasteiger partial charge < -0.3 is 11.1 Å². The van der Waals surface area contributed by atoms with E-state index in [0.717, 1.165) is 0 Å². The van der Waals surface area contributed by atoms with E-state index >= 15 is 0 Å². The van der Waals surface area contributed by atoms with Crippen molar-refractivity contribution in [2.75, 3.05) is 5.73 Å². The number of rotatable bonds is 3. The molecule has 1 aliphatic rings. The Morgan fingerprint density at radius 3 is 2.69 bits per heavy atom. The lowest BCUT2D eigenvalue weighted by Crippen LogP contribution is -2.38. The van der Waals surface area contributed by atoms with Crippen LogP contribution in [0, 0.1) is 5.82 Å². The normalized spacial score (nSPS) is 18.9. The van der Waals surface area contributed by atoms with Gasteiger partial charge in [-0.2, -0.15) is 0 Å². The van der Waals surface area contributed by atoms with Gasteiger partial charge in [0.1, 0.15) is 5.82 Å². The average Bonchev–Trinajstić information content (AvgIpc) is 2.64. The van der Waals surface area contributed by atoms with Crippen LogP contribution in [0.3, 0.4) is 0 Å². The molecule has 1 saturated carbocycles. The molecule has 3 N–H and O–H groups in total. The highest BCUT2D eigenvalue weighted by Crippen LogP contribution is 2.29. The first-order valence-electron chi connectivity index (χ1n) is 5.88. The second kappa shape index (κ2) is 4.42. The molecule has 3 heteroatoms. The topological polar surface area (TPSA) is 38.0 Å². The lowest BCUT2D eigenvalue weighted by Gasteiger charge is -2.25. The molecule has 1 aromatic carbocycles. The fourth-order valence-corrected chi connectivity index (χ4v) is 2.35. The molecule has 2 rings (SSSR count). The standard InChI is InChI=1S/C13H19FN2/c1-13(6-2-3-7-13)16-9-10-4-5-11(15)8-12(10)14/h4-5,8,16H,2-3,6-7,9,15H2,1H3. The zero-order valence-electron chi connectivity index (χ0n) is 9.72. The van der Waals surface area contributed by atoms with Crippen molar-refractivity contribution in [3.63, 3.8) is 0 Å². The van der Waals surface area contributed by atoms with Gasteiger partial charge in [0.05, 0.1) is 0 Å². The molecule has 16 heavy (non-hydrogen) atoms. The maximum Gasteiger partial charge on any atom is 0.129 e. The van der Waals surface area contributed by atoms with Gasteiger partial charge in [0, 0.05) is 23.3 Å². The second-order valence-corrected chi connectivity index (χ2v) is 4.97. The molecule has 0 aliphatic heterocycles. The molecular weight excluding hydrogens is 203 g/mol. The van der Waals surface area contributed by atoms with Crippen LogP contribution in [0.25, 0.3) is 0 Å². The highest BCUT2D eigenvalue weighted by molar-refractivity contribution is 5.40. The van der Waals surface area contributed by atoms with E-state index in [-0.39, 0.29) is 11.4 Å². The third kappa shape index (κ3) is 2.53. The van der Waals surface area contributed by atoms with Gasteiger partial charge in [-0.05, 0) is 31.9 Å². The van der Waals surface area contributed by atoms with Crippen LogP contribution in [-0.2, 0) is 6.54 Å². The molecule has 2 nitrogen and oxygen atoms in total. The number of hydrogen-bond acceptors (Lipinski definition) is 2. The van der Waals surface area contributed by atoms with Gasteiger partial charge in [-0.15, -0.1) is 0 Å². The van der Waals surface area contributed by atoms with E-state index in [0.29, 0.717) is 17.8 Å². The first-order chi connectivity index (χ1) is 7.59. The van der Waals surface area contributed by atoms with Gasteiger partial charge in [-0.25, -0.2) is 4.39 Å². The zero-order valence-corrected chi connectivity index (χ0v) is 9.72. The van der Waals surface area contributed by atoms with Gasteiger partial charge >= 0.3 is 0 Å². The molecule has 88 valence electrons. The number of benzene rings is 1. The monoisotopic (exact) mass is 222 g/mol. The molecule has 1 fully saturated rings. The Morgan fingerprint density at radius 2 is 2.06 bits per heavy atom. The fourth-order valence-electron chi connectivity index (χ4n) is 2.35. The SMILES string of the molecule is CC1(NCc2ccc(N)cc2F)CCCC1. The number of nitrogens with one attached hydrogen (secondary N) is 1. The molecule has 0 heterocycles. The minimum absolute atomic E-state index is 0.188. The molecular formula is C13H19FN2. The summed E-state index contributed by atoms with van der Waals surface area (Å²) in [5.41, 5.74) is 6.88. The predicted molar refractivity (Wildman–Crippen MR) is 64.5 cm³/mol. The molecule has 0 amide bonds. The van der Waals surface area contributed by atoms with Crippen LogP contribution in [0.15, 0.2) is 18.2 Å². The highest BCUT2D eigenvalue weighted by Gasteiger charge is 2.27. The van der Waals surface area contributed by atoms with Crippen molar-refractivity contribution in [1.29, 1.82) is 0 Å². The summed E-state index contributed by atoms with van der Waals surface area (Å²) in [5.74, 6) is -0.214. The first kappa shape index (κ1) is 11.4. The van der Waals surface area contributed by atoms with Crippen LogP contribution in [0.2, 0.25) is 0 Å². The average molecular weight is 222 g/mol. The summed E-state index contributed by atoms with van der Waals surface area (Å²) < 4.78 is 13.5. The van der Waals surface area contributed by atoms with Crippen molar-refractivity contribution in [3.05, 3.63) is 29.6 Å². The summed E-state index contributed by atoms with van der Waals surface area (Å²) in [7, 11) is 0. The van der Waals surface area contributed by atoms with Crippen LogP contribution in [-0.4, -0.2) is 5.54 Å². The fraction of sp³-hybridized carbons (Fsp3) is 0.538. The smallest absolute Gasteiger partial charge is 0.129 e. The summed E-state index contributed by atoms with van der Waals surface area (Å²) >= 11 is 0. The Balaban J connectivity index is 1.99. The third-order valence-corrected chi connectivity index (χ3v) is 3.49. The molecule has 0 saturated heterocycles. The van der Waals surface area contributed by atoms with Gasteiger partial charge in [0.25, 0.3) is 0 Å². The van der Waals surface area contributed by atoms with Crippen molar-refractivity contribution in [2.45, 2.75) is 44.7 Å². The largest absolute Gasteiger partial charge is 0.399 e. The predicted octanol–water partition coefficient (Wildman–Crippen LogP) is 2.83. The van der Waals surface area contributed by atoms with E-state index in [4.69, 9.17) is 5.73 Å². The van der Waals surface area contributed by atoms with E-state index in [1.165, 1.54) is 31.7 Å². The lowest BCUT2D eigenvalue weighted by atomic mass is 10.0. The number of nitrogen functional groups attached to an aromatic ring is 1. The lowest BCUT2D eigenvalue weighted by molar-refractivity contribution is 0.359. The maximum atomic E-state index is 13.5. The zero-order chi connectivity index (χ0) is 11.6. The number of nitrogens with two attached hydrogens (primary N) is 1. The third-order valence-electron chi connectivity index (χ3n) is 3.49. The Labute approximate surface area is 96.0 Å². The minimum Gasteiger partial charge on any atom is -0.399 e. The Hall–Kier alpha value is -1.09. The van der Waals surface area contributed by atoms with Crippen molar-refractivity contribution in [3.8, 4) is 0 Å². The van der Waals surface area contributed by atoms with Gasteiger partial charge in [0.15, 0.2) is 0 Å². The molecule has 1 aromatic rings. The van der Waals surface area contributed by atoms with Crippen LogP contribution < -0.4 is 11.1 Å². The van der Waals surface area contributed by atoms with Crippen molar-refractivity contribution in [1.82, 2.24) is 5.32 Å². The van der Waals surface area contributed by atoms with Crippen LogP contribution >= 0.6 is 0 Å². The number of anilines is 1. The number of hydrogen-bond donors (Lipinski definition) is 2. The summed E-state index contributed by atoms with van der Waals surface area (Å²) in [4.78, 5) is 0. The summed E-state index contributed by atoms with van der Waals surface area (Å²) in [6.07, 6.45) is 4.91. The van der Waals surface area contributed by atoms with E-state index < -0.39 is 0 Å². The van der Waals surface area contributed by atoms with E-state index in [1.807, 2.05) is 0 Å². The molecule has 0 atom stereocenters. The summed E-state index contributed by atoms with van der Waals surface area (Å²) in [6.45, 7) is 2.80. The molecule has 0 aromatic heterocycles. The first-order valence-corrected chi connectivity index (χ1v) is 5.88. The quantitative estimate of drug-likeness (QED) is 0.772. The summed E-state index contributed by atoms with van der Waals surface area (Å²) in [5, 5.41) is 3.45. The van der Waals surface area contributed by atoms with Crippen molar-refractivity contribution < 1.29 is 4.39 Å². The Bertz CT molecular complexity index is 370. The highest BCUT2D eigenvalue weighted by atomic mass is 19.1. The summed E-state index contributed by atoms with van der Waals surface area (Å²) in [6, 6.07) is 4.89. The van der Waals surface area contributed by atoms with E-state index in [9.17, 15) is 4.39 Å². The van der Waals surface area contributed by atoms with Crippen LogP contribution in [0.1, 0.15) is 38.2 Å². The minimum atomic E-state index is -0.214. The molecule has 0 unspecified atom stereocenters. The maximum absolute atomic E-state index is 13.5. The van der Waals surface area contributed by atoms with Crippen LogP contribution in [0.5, 0.6) is 0 Å². The molecule has 1 aliphatic carbocycles. The van der Waals surface area contributed by atoms with Crippen molar-refractivity contribution in [2.24, 2.45) is 0 Å². The molecule has 0 bridgehead atoms. The molecule has 0 radical (unpaired) electrons. The van der Waals surface area contributed by atoms with E-state index in [1.54, 1.807) is 12.1 Å². The van der Waals surface area contributed by atoms with E-state index in [2.05, 4.69) is 12.2 Å². The van der Waals surface area contributed by atoms with Crippen LogP contribution in [0.4, 0.5) is 10.1 Å². The number of halogens is 1. The Morgan fingerprint density at radius 1 is 1.38 bits per heavy atom. The van der Waals surface area contributed by atoms with Gasteiger partial charge in [-0.1, -0.05) is 18.9 Å². The Kier molecular flexibility index (Phi) is 3.15. The second-order valence-electron chi connectivity index (χ2n) is 4.97. The molecule has 0 spiro atoms. The van der Waals surface area contributed by atoms with Gasteiger partial charge in [-0.3, -0.25) is 0 Å².